The molecule has 2 fully saturated rings. The van der Waals surface area contributed by atoms with E-state index < -0.39 is 0 Å². The van der Waals surface area contributed by atoms with Crippen molar-refractivity contribution in [3.63, 3.8) is 0 Å². The molecule has 4 heterocycles. The van der Waals surface area contributed by atoms with Crippen molar-refractivity contribution in [2.24, 2.45) is 0 Å². The maximum absolute atomic E-state index is 13.4. The number of hydrogen-bond acceptors (Lipinski definition) is 4. The smallest absolute Gasteiger partial charge is 0.238 e. The Kier molecular flexibility index (Phi) is 4.79. The molecule has 1 aromatic carbocycles. The zero-order valence-electron chi connectivity index (χ0n) is 18.0. The number of benzene rings is 1. The number of fused-ring (bicyclic) bond motifs is 3. The van der Waals surface area contributed by atoms with Crippen molar-refractivity contribution >= 4 is 34.1 Å². The summed E-state index contributed by atoms with van der Waals surface area (Å²) in [6, 6.07) is 10.2. The van der Waals surface area contributed by atoms with E-state index in [9.17, 15) is 9.90 Å². The summed E-state index contributed by atoms with van der Waals surface area (Å²) in [6.45, 7) is 4.09. The molecule has 1 saturated carbocycles. The number of aliphatic hydroxyl groups is 1. The fourth-order valence-corrected chi connectivity index (χ4v) is 5.76. The van der Waals surface area contributed by atoms with E-state index in [-0.39, 0.29) is 17.4 Å². The summed E-state index contributed by atoms with van der Waals surface area (Å²) in [4.78, 5) is 22.0. The van der Waals surface area contributed by atoms with Crippen LogP contribution in [0.1, 0.15) is 36.9 Å². The van der Waals surface area contributed by atoms with Gasteiger partial charge in [-0.2, -0.15) is 0 Å². The number of carbonyl (C=O) groups excluding carboxylic acids is 1. The van der Waals surface area contributed by atoms with Crippen LogP contribution in [0.3, 0.4) is 0 Å². The van der Waals surface area contributed by atoms with Gasteiger partial charge >= 0.3 is 0 Å². The molecule has 7 heteroatoms. The lowest BCUT2D eigenvalue weighted by Crippen LogP contribution is -2.32. The van der Waals surface area contributed by atoms with Crippen molar-refractivity contribution < 1.29 is 9.90 Å². The molecule has 1 aliphatic carbocycles. The van der Waals surface area contributed by atoms with Crippen LogP contribution in [0.2, 0.25) is 5.02 Å². The van der Waals surface area contributed by atoms with E-state index >= 15 is 0 Å². The van der Waals surface area contributed by atoms with Crippen LogP contribution in [-0.4, -0.2) is 51.2 Å². The number of likely N-dealkylation sites (tertiary alicyclic amines) is 1. The van der Waals surface area contributed by atoms with Crippen molar-refractivity contribution in [3.05, 3.63) is 59.0 Å². The van der Waals surface area contributed by atoms with Gasteiger partial charge in [-0.05, 0) is 68.1 Å². The summed E-state index contributed by atoms with van der Waals surface area (Å²) >= 11 is 6.28. The first kappa shape index (κ1) is 20.2. The fraction of sp³-hybridized carbons (Fsp3) is 0.440. The van der Waals surface area contributed by atoms with Gasteiger partial charge < -0.3 is 19.5 Å². The molecular formula is C25H27ClN4O2. The number of hydrogen-bond donors (Lipinski definition) is 1. The maximum Gasteiger partial charge on any atom is 0.238 e. The van der Waals surface area contributed by atoms with E-state index in [1.54, 1.807) is 6.20 Å². The predicted molar refractivity (Wildman–Crippen MR) is 125 cm³/mol. The summed E-state index contributed by atoms with van der Waals surface area (Å²) in [5, 5.41) is 11.6. The van der Waals surface area contributed by atoms with Gasteiger partial charge in [0.25, 0.3) is 0 Å². The summed E-state index contributed by atoms with van der Waals surface area (Å²) in [5.74, 6) is 0.210. The number of anilines is 1. The first-order valence-corrected chi connectivity index (χ1v) is 11.9. The summed E-state index contributed by atoms with van der Waals surface area (Å²) in [5.41, 5.74) is 4.04. The van der Waals surface area contributed by atoms with Gasteiger partial charge in [0, 0.05) is 47.5 Å². The fourth-order valence-electron chi connectivity index (χ4n) is 5.58. The minimum atomic E-state index is -0.311. The van der Waals surface area contributed by atoms with Gasteiger partial charge in [0.05, 0.1) is 29.9 Å². The highest BCUT2D eigenvalue weighted by Gasteiger charge is 2.59. The molecule has 1 amide bonds. The Balaban J connectivity index is 1.30. The van der Waals surface area contributed by atoms with Crippen molar-refractivity contribution in [2.75, 3.05) is 24.5 Å². The van der Waals surface area contributed by atoms with Crippen molar-refractivity contribution in [2.45, 2.75) is 50.3 Å². The Hall–Kier alpha value is -2.41. The molecule has 2 aromatic heterocycles. The minimum absolute atomic E-state index is 0.190. The number of aryl methyl sites for hydroxylation is 1. The molecule has 3 aromatic rings. The second-order valence-corrected chi connectivity index (χ2v) is 9.89. The molecule has 2 aliphatic heterocycles. The Labute approximate surface area is 192 Å². The molecular weight excluding hydrogens is 424 g/mol. The molecule has 1 atom stereocenters. The van der Waals surface area contributed by atoms with Gasteiger partial charge in [0.2, 0.25) is 5.91 Å². The second kappa shape index (κ2) is 7.58. The maximum atomic E-state index is 13.4. The number of aliphatic hydroxyl groups excluding tert-OH is 1. The summed E-state index contributed by atoms with van der Waals surface area (Å²) in [6.07, 6.45) is 7.15. The van der Waals surface area contributed by atoms with Gasteiger partial charge in [-0.1, -0.05) is 11.6 Å². The predicted octanol–water partition coefficient (Wildman–Crippen LogP) is 3.72. The monoisotopic (exact) mass is 450 g/mol. The van der Waals surface area contributed by atoms with Crippen molar-refractivity contribution in [3.8, 4) is 0 Å². The summed E-state index contributed by atoms with van der Waals surface area (Å²) in [7, 11) is 0. The average Bonchev–Trinajstić information content (AvgIpc) is 3.31. The van der Waals surface area contributed by atoms with Crippen LogP contribution >= 0.6 is 11.6 Å². The van der Waals surface area contributed by atoms with E-state index in [0.717, 1.165) is 84.7 Å². The first-order chi connectivity index (χ1) is 15.5. The van der Waals surface area contributed by atoms with Crippen LogP contribution in [0.4, 0.5) is 5.69 Å². The van der Waals surface area contributed by atoms with Crippen LogP contribution < -0.4 is 4.90 Å². The summed E-state index contributed by atoms with van der Waals surface area (Å²) < 4.78 is 2.33. The van der Waals surface area contributed by atoms with E-state index in [1.165, 1.54) is 0 Å². The van der Waals surface area contributed by atoms with E-state index in [0.29, 0.717) is 6.54 Å². The van der Waals surface area contributed by atoms with Crippen LogP contribution in [0.5, 0.6) is 0 Å². The van der Waals surface area contributed by atoms with Gasteiger partial charge in [-0.15, -0.1) is 0 Å². The number of halogens is 1. The molecule has 6 rings (SSSR count). The number of amides is 1. The van der Waals surface area contributed by atoms with Crippen molar-refractivity contribution in [1.29, 1.82) is 0 Å². The number of carbonyl (C=O) groups is 1. The van der Waals surface area contributed by atoms with E-state index in [1.807, 2.05) is 29.3 Å². The van der Waals surface area contributed by atoms with Gasteiger partial charge in [-0.3, -0.25) is 9.78 Å². The molecule has 3 aliphatic rings. The number of aromatic nitrogens is 2. The number of rotatable bonds is 6. The van der Waals surface area contributed by atoms with Crippen LogP contribution in [-0.2, 0) is 23.3 Å². The van der Waals surface area contributed by atoms with Crippen molar-refractivity contribution in [1.82, 2.24) is 14.5 Å². The van der Waals surface area contributed by atoms with E-state index in [2.05, 4.69) is 26.6 Å². The minimum Gasteiger partial charge on any atom is -0.392 e. The van der Waals surface area contributed by atoms with Gasteiger partial charge in [0.15, 0.2) is 0 Å². The molecule has 0 bridgehead atoms. The lowest BCUT2D eigenvalue weighted by molar-refractivity contribution is -0.120. The molecule has 6 nitrogen and oxygen atoms in total. The lowest BCUT2D eigenvalue weighted by Gasteiger charge is -2.20. The topological polar surface area (TPSA) is 61.6 Å². The first-order valence-electron chi connectivity index (χ1n) is 11.5. The lowest BCUT2D eigenvalue weighted by atomic mass is 9.99. The third-order valence-corrected chi connectivity index (χ3v) is 7.62. The molecule has 1 spiro atoms. The van der Waals surface area contributed by atoms with Crippen LogP contribution in [0.25, 0.3) is 10.9 Å². The SMILES string of the molecule is O=C1N(Cc2cc3cc(Cl)ccc3n2CCCN2CC[C@@H](O)C2)c2cnccc2C12CC2. The van der Waals surface area contributed by atoms with Gasteiger partial charge in [-0.25, -0.2) is 0 Å². The standard InChI is InChI=1S/C25H27ClN4O2/c26-18-2-3-22-17(12-18)13-19(29(22)10-1-9-28-11-5-20(31)16-28)15-30-23-14-27-8-4-21(23)25(6-7-25)24(30)32/h2-4,8,12-14,20,31H,1,5-7,9-11,15-16H2/t20-/m1/s1. The zero-order valence-corrected chi connectivity index (χ0v) is 18.8. The third kappa shape index (κ3) is 3.24. The molecule has 0 unspecified atom stereocenters. The molecule has 166 valence electrons. The molecule has 1 N–H and O–H groups in total. The highest BCUT2D eigenvalue weighted by atomic mass is 35.5. The number of pyridine rings is 1. The highest BCUT2D eigenvalue weighted by Crippen LogP contribution is 2.57. The molecule has 32 heavy (non-hydrogen) atoms. The largest absolute Gasteiger partial charge is 0.392 e. The van der Waals surface area contributed by atoms with Crippen LogP contribution in [0.15, 0.2) is 42.7 Å². The normalized spacial score (nSPS) is 21.8. The van der Waals surface area contributed by atoms with Crippen LogP contribution in [0, 0.1) is 0 Å². The highest BCUT2D eigenvalue weighted by molar-refractivity contribution is 6.31. The zero-order chi connectivity index (χ0) is 21.9. The Morgan fingerprint density at radius 2 is 2.06 bits per heavy atom. The van der Waals surface area contributed by atoms with Gasteiger partial charge in [0.1, 0.15) is 0 Å². The number of nitrogens with zero attached hydrogens (tertiary/aromatic N) is 4. The average molecular weight is 451 g/mol. The number of β-amino-alcohol motifs (C(OH)–C–C–N with tert-alkyl or cyclic N) is 1. The Morgan fingerprint density at radius 1 is 1.19 bits per heavy atom. The third-order valence-electron chi connectivity index (χ3n) is 7.38. The molecule has 1 saturated heterocycles. The Bertz CT molecular complexity index is 1200. The molecule has 0 radical (unpaired) electrons. The Morgan fingerprint density at radius 3 is 2.84 bits per heavy atom. The quantitative estimate of drug-likeness (QED) is 0.621. The second-order valence-electron chi connectivity index (χ2n) is 9.45. The van der Waals surface area contributed by atoms with E-state index in [4.69, 9.17) is 11.6 Å².